The fourth-order valence-electron chi connectivity index (χ4n) is 0.970. The molecule has 0 aromatic carbocycles. The molecule has 0 rings (SSSR count). The van der Waals surface area contributed by atoms with E-state index in [1.54, 1.807) is 0 Å². The summed E-state index contributed by atoms with van der Waals surface area (Å²) >= 11 is 0. The van der Waals surface area contributed by atoms with Crippen LogP contribution < -0.4 is 0 Å². The molecule has 80 valence electrons. The van der Waals surface area contributed by atoms with E-state index in [1.165, 1.54) is 19.3 Å². The number of rotatable bonds is 4. The van der Waals surface area contributed by atoms with E-state index < -0.39 is 0 Å². The van der Waals surface area contributed by atoms with Gasteiger partial charge in [-0.3, -0.25) is 4.79 Å². The predicted octanol–water partition coefficient (Wildman–Crippen LogP) is 3.58. The lowest BCUT2D eigenvalue weighted by Crippen LogP contribution is -2.17. The number of ketones is 1. The van der Waals surface area contributed by atoms with Gasteiger partial charge in [0.2, 0.25) is 5.78 Å². The molecule has 0 heterocycles. The molecule has 0 bridgehead atoms. The highest BCUT2D eigenvalue weighted by Crippen LogP contribution is 2.13. The van der Waals surface area contributed by atoms with Gasteiger partial charge in [0.1, 0.15) is 0 Å². The molecular formula is C13H22O. The van der Waals surface area contributed by atoms with Crippen LogP contribution in [0.5, 0.6) is 0 Å². The Hall–Kier alpha value is -0.770. The summed E-state index contributed by atoms with van der Waals surface area (Å²) in [7, 11) is 0. The van der Waals surface area contributed by atoms with Gasteiger partial charge in [-0.1, -0.05) is 52.9 Å². The van der Waals surface area contributed by atoms with Crippen molar-refractivity contribution in [3.05, 3.63) is 0 Å². The highest BCUT2D eigenvalue weighted by molar-refractivity contribution is 5.99. The third kappa shape index (κ3) is 6.71. The molecule has 0 unspecified atom stereocenters. The van der Waals surface area contributed by atoms with Crippen LogP contribution in [0.1, 0.15) is 59.8 Å². The van der Waals surface area contributed by atoms with Crippen LogP contribution in [0, 0.1) is 17.3 Å². The van der Waals surface area contributed by atoms with Gasteiger partial charge in [0, 0.05) is 11.8 Å². The van der Waals surface area contributed by atoms with E-state index in [-0.39, 0.29) is 11.2 Å². The van der Waals surface area contributed by atoms with Gasteiger partial charge in [-0.15, -0.1) is 0 Å². The van der Waals surface area contributed by atoms with Crippen molar-refractivity contribution in [2.24, 2.45) is 5.41 Å². The number of carbonyl (C=O) groups is 1. The van der Waals surface area contributed by atoms with E-state index in [0.29, 0.717) is 0 Å². The zero-order chi connectivity index (χ0) is 11.0. The summed E-state index contributed by atoms with van der Waals surface area (Å²) in [6.45, 7) is 7.90. The Bertz CT molecular complexity index is 222. The number of hydrogen-bond acceptors (Lipinski definition) is 1. The molecule has 0 amide bonds. The van der Waals surface area contributed by atoms with Crippen molar-refractivity contribution >= 4 is 5.78 Å². The number of carbonyl (C=O) groups excluding carboxylic acids is 1. The fourth-order valence-corrected chi connectivity index (χ4v) is 0.970. The van der Waals surface area contributed by atoms with Crippen molar-refractivity contribution in [3.8, 4) is 11.8 Å². The van der Waals surface area contributed by atoms with Crippen LogP contribution in [0.25, 0.3) is 0 Å². The zero-order valence-corrected chi connectivity index (χ0v) is 9.94. The van der Waals surface area contributed by atoms with Gasteiger partial charge in [-0.25, -0.2) is 0 Å². The third-order valence-corrected chi connectivity index (χ3v) is 2.04. The molecule has 0 atom stereocenters. The molecular weight excluding hydrogens is 172 g/mol. The smallest absolute Gasteiger partial charge is 0.210 e. The molecule has 0 aromatic heterocycles. The Morgan fingerprint density at radius 2 is 1.79 bits per heavy atom. The minimum Gasteiger partial charge on any atom is -0.284 e. The first-order chi connectivity index (χ1) is 6.48. The SMILES string of the molecule is CCCCCCC#CC(=O)C(C)(C)C. The van der Waals surface area contributed by atoms with Crippen molar-refractivity contribution < 1.29 is 4.79 Å². The van der Waals surface area contributed by atoms with E-state index >= 15 is 0 Å². The molecule has 0 radical (unpaired) electrons. The topological polar surface area (TPSA) is 17.1 Å². The van der Waals surface area contributed by atoms with Gasteiger partial charge in [0.05, 0.1) is 0 Å². The summed E-state index contributed by atoms with van der Waals surface area (Å²) in [4.78, 5) is 11.4. The lowest BCUT2D eigenvalue weighted by molar-refractivity contribution is -0.120. The van der Waals surface area contributed by atoms with Crippen molar-refractivity contribution in [2.75, 3.05) is 0 Å². The van der Waals surface area contributed by atoms with Crippen LogP contribution >= 0.6 is 0 Å². The molecule has 0 aliphatic heterocycles. The van der Waals surface area contributed by atoms with E-state index in [4.69, 9.17) is 0 Å². The van der Waals surface area contributed by atoms with Gasteiger partial charge in [-0.2, -0.15) is 0 Å². The normalized spacial score (nSPS) is 10.6. The first-order valence-corrected chi connectivity index (χ1v) is 5.51. The van der Waals surface area contributed by atoms with Gasteiger partial charge in [0.25, 0.3) is 0 Å². The number of unbranched alkanes of at least 4 members (excludes halogenated alkanes) is 4. The first kappa shape index (κ1) is 13.2. The molecule has 0 aliphatic rings. The molecule has 0 saturated heterocycles. The maximum absolute atomic E-state index is 11.4. The second kappa shape index (κ2) is 6.65. The largest absolute Gasteiger partial charge is 0.284 e. The number of hydrogen-bond donors (Lipinski definition) is 0. The molecule has 14 heavy (non-hydrogen) atoms. The average molecular weight is 194 g/mol. The Morgan fingerprint density at radius 1 is 1.14 bits per heavy atom. The lowest BCUT2D eigenvalue weighted by Gasteiger charge is -2.10. The Morgan fingerprint density at radius 3 is 2.29 bits per heavy atom. The Balaban J connectivity index is 3.68. The van der Waals surface area contributed by atoms with Crippen LogP contribution in [-0.2, 0) is 4.79 Å². The van der Waals surface area contributed by atoms with E-state index in [9.17, 15) is 4.79 Å². The second-order valence-electron chi connectivity index (χ2n) is 4.69. The van der Waals surface area contributed by atoms with Crippen LogP contribution in [0.3, 0.4) is 0 Å². The lowest BCUT2D eigenvalue weighted by atomic mass is 9.91. The van der Waals surface area contributed by atoms with Crippen LogP contribution in [-0.4, -0.2) is 5.78 Å². The van der Waals surface area contributed by atoms with E-state index in [2.05, 4.69) is 18.8 Å². The zero-order valence-electron chi connectivity index (χ0n) is 9.94. The van der Waals surface area contributed by atoms with E-state index in [0.717, 1.165) is 12.8 Å². The van der Waals surface area contributed by atoms with Crippen molar-refractivity contribution in [2.45, 2.75) is 59.8 Å². The Labute approximate surface area is 88.3 Å². The van der Waals surface area contributed by atoms with Gasteiger partial charge < -0.3 is 0 Å². The quantitative estimate of drug-likeness (QED) is 0.380. The molecule has 0 saturated carbocycles. The average Bonchev–Trinajstić information content (AvgIpc) is 2.09. The van der Waals surface area contributed by atoms with Crippen molar-refractivity contribution in [1.82, 2.24) is 0 Å². The predicted molar refractivity (Wildman–Crippen MR) is 61.0 cm³/mol. The molecule has 0 spiro atoms. The maximum atomic E-state index is 11.4. The van der Waals surface area contributed by atoms with Crippen molar-refractivity contribution in [3.63, 3.8) is 0 Å². The summed E-state index contributed by atoms with van der Waals surface area (Å²) in [5, 5.41) is 0. The minimum atomic E-state index is -0.309. The summed E-state index contributed by atoms with van der Waals surface area (Å²) in [6.07, 6.45) is 5.73. The maximum Gasteiger partial charge on any atom is 0.210 e. The summed E-state index contributed by atoms with van der Waals surface area (Å²) in [5.41, 5.74) is -0.309. The van der Waals surface area contributed by atoms with Crippen LogP contribution in [0.4, 0.5) is 0 Å². The highest BCUT2D eigenvalue weighted by atomic mass is 16.1. The molecule has 0 N–H and O–H groups in total. The monoisotopic (exact) mass is 194 g/mol. The van der Waals surface area contributed by atoms with Gasteiger partial charge in [-0.05, 0) is 12.3 Å². The summed E-state index contributed by atoms with van der Waals surface area (Å²) in [6, 6.07) is 0. The summed E-state index contributed by atoms with van der Waals surface area (Å²) < 4.78 is 0. The van der Waals surface area contributed by atoms with Crippen LogP contribution in [0.15, 0.2) is 0 Å². The van der Waals surface area contributed by atoms with E-state index in [1.807, 2.05) is 20.8 Å². The molecule has 1 heteroatoms. The van der Waals surface area contributed by atoms with Crippen molar-refractivity contribution in [1.29, 1.82) is 0 Å². The van der Waals surface area contributed by atoms with Gasteiger partial charge >= 0.3 is 0 Å². The Kier molecular flexibility index (Phi) is 6.28. The standard InChI is InChI=1S/C13H22O/c1-5-6-7-8-9-10-11-12(14)13(2,3)4/h5-9H2,1-4H3. The highest BCUT2D eigenvalue weighted by Gasteiger charge is 2.18. The molecule has 0 aliphatic carbocycles. The molecule has 0 aromatic rings. The minimum absolute atomic E-state index is 0.0491. The third-order valence-electron chi connectivity index (χ3n) is 2.04. The number of Topliss-reactive ketones (excluding diaryl/α,β-unsaturated/α-hetero) is 1. The van der Waals surface area contributed by atoms with Crippen LogP contribution in [0.2, 0.25) is 0 Å². The van der Waals surface area contributed by atoms with Gasteiger partial charge in [0.15, 0.2) is 0 Å². The fraction of sp³-hybridized carbons (Fsp3) is 0.769. The second-order valence-corrected chi connectivity index (χ2v) is 4.69. The molecule has 0 fully saturated rings. The molecule has 1 nitrogen and oxygen atoms in total. The summed E-state index contributed by atoms with van der Waals surface area (Å²) in [5.74, 6) is 5.71. The first-order valence-electron chi connectivity index (χ1n) is 5.51.